The molecule has 0 aromatic carbocycles. The highest BCUT2D eigenvalue weighted by Gasteiger charge is 2.51. The summed E-state index contributed by atoms with van der Waals surface area (Å²) in [7, 11) is 0. The lowest BCUT2D eigenvalue weighted by Gasteiger charge is -2.45. The van der Waals surface area contributed by atoms with Gasteiger partial charge >= 0.3 is 6.18 Å². The van der Waals surface area contributed by atoms with Gasteiger partial charge in [0, 0.05) is 25.6 Å². The molecule has 4 rings (SSSR count). The Morgan fingerprint density at radius 1 is 1.26 bits per heavy atom. The number of alkyl halides is 3. The molecule has 8 atom stereocenters. The monoisotopic (exact) mass is 497 g/mol. The van der Waals surface area contributed by atoms with Gasteiger partial charge in [0.25, 0.3) is 0 Å². The minimum atomic E-state index is -4.31. The van der Waals surface area contributed by atoms with Gasteiger partial charge in [-0.05, 0) is 72.8 Å². The summed E-state index contributed by atoms with van der Waals surface area (Å²) < 4.78 is 44.5. The Morgan fingerprint density at radius 3 is 2.71 bits per heavy atom. The second-order valence-corrected chi connectivity index (χ2v) is 11.8. The number of rotatable bonds is 4. The van der Waals surface area contributed by atoms with E-state index in [1.165, 1.54) is 5.57 Å². The Kier molecular flexibility index (Phi) is 7.92. The molecule has 1 aliphatic heterocycles. The van der Waals surface area contributed by atoms with E-state index < -0.39 is 24.5 Å². The number of allylic oxidation sites excluding steroid dienone is 3. The molecule has 1 unspecified atom stereocenters. The van der Waals surface area contributed by atoms with E-state index in [2.05, 4.69) is 32.6 Å². The van der Waals surface area contributed by atoms with Gasteiger partial charge in [-0.25, -0.2) is 0 Å². The van der Waals surface area contributed by atoms with Gasteiger partial charge in [0.2, 0.25) is 0 Å². The summed E-state index contributed by atoms with van der Waals surface area (Å²) in [5.41, 5.74) is 3.21. The SMILES string of the molecule is C=C1C(=CC=C2CCC[C@]3(C)[C@@H]([C@H](C)CN4CCOC(C(F)(F)F)C4)CC[C@@H]23)C[C@@H](O)[C@H](C)[C@@H]1O. The van der Waals surface area contributed by atoms with E-state index in [4.69, 9.17) is 4.74 Å². The van der Waals surface area contributed by atoms with Crippen LogP contribution in [0.25, 0.3) is 0 Å². The summed E-state index contributed by atoms with van der Waals surface area (Å²) in [6.45, 7) is 11.8. The molecule has 3 saturated carbocycles. The molecule has 0 radical (unpaired) electrons. The Morgan fingerprint density at radius 2 is 2.00 bits per heavy atom. The van der Waals surface area contributed by atoms with Crippen LogP contribution in [0.2, 0.25) is 0 Å². The van der Waals surface area contributed by atoms with Crippen LogP contribution in [0.15, 0.2) is 35.5 Å². The van der Waals surface area contributed by atoms with Crippen molar-refractivity contribution in [2.24, 2.45) is 29.1 Å². The van der Waals surface area contributed by atoms with Gasteiger partial charge in [-0.2, -0.15) is 13.2 Å². The van der Waals surface area contributed by atoms with E-state index in [0.29, 0.717) is 42.8 Å². The van der Waals surface area contributed by atoms with Crippen molar-refractivity contribution >= 4 is 0 Å². The zero-order valence-electron chi connectivity index (χ0n) is 21.4. The largest absolute Gasteiger partial charge is 0.415 e. The Labute approximate surface area is 207 Å². The predicted octanol–water partition coefficient (Wildman–Crippen LogP) is 5.27. The van der Waals surface area contributed by atoms with Gasteiger partial charge in [-0.15, -0.1) is 0 Å². The molecular formula is C28H42F3NO3. The predicted molar refractivity (Wildman–Crippen MR) is 131 cm³/mol. The third kappa shape index (κ3) is 5.43. The molecule has 198 valence electrons. The van der Waals surface area contributed by atoms with Gasteiger partial charge in [0.1, 0.15) is 0 Å². The number of nitrogens with zero attached hydrogens (tertiary/aromatic N) is 1. The Balaban J connectivity index is 1.45. The summed E-state index contributed by atoms with van der Waals surface area (Å²) >= 11 is 0. The standard InChI is InChI=1S/C28H42F3NO3/c1-17(15-32-12-13-35-25(16-32)28(29,30)31)22-9-10-23-20(6-5-11-27(22,23)4)7-8-21-14-24(33)19(3)26(34)18(21)2/h7-8,17,19,22-26,33-34H,2,5-6,9-16H2,1,3-4H3/t17-,19+,22-,23+,24-,25?,26-,27-/m1/s1. The highest BCUT2D eigenvalue weighted by Crippen LogP contribution is 2.59. The highest BCUT2D eigenvalue weighted by atomic mass is 19.4. The van der Waals surface area contributed by atoms with Gasteiger partial charge in [-0.1, -0.05) is 45.1 Å². The number of fused-ring (bicyclic) bond motifs is 1. The lowest BCUT2D eigenvalue weighted by molar-refractivity contribution is -0.238. The van der Waals surface area contributed by atoms with E-state index in [9.17, 15) is 23.4 Å². The molecule has 3 aliphatic carbocycles. The minimum absolute atomic E-state index is 0.0698. The number of morpholine rings is 1. The van der Waals surface area contributed by atoms with Crippen LogP contribution in [-0.4, -0.2) is 65.8 Å². The van der Waals surface area contributed by atoms with Crippen LogP contribution in [0.3, 0.4) is 0 Å². The van der Waals surface area contributed by atoms with Crippen molar-refractivity contribution in [2.45, 2.75) is 83.8 Å². The number of aliphatic hydroxyl groups excluding tert-OH is 2. The average molecular weight is 498 g/mol. The molecule has 0 bridgehead atoms. The first kappa shape index (κ1) is 26.9. The summed E-state index contributed by atoms with van der Waals surface area (Å²) in [6, 6.07) is 0. The molecule has 0 spiro atoms. The van der Waals surface area contributed by atoms with Crippen LogP contribution in [0.5, 0.6) is 0 Å². The molecule has 35 heavy (non-hydrogen) atoms. The van der Waals surface area contributed by atoms with Crippen LogP contribution in [0, 0.1) is 29.1 Å². The quantitative estimate of drug-likeness (QED) is 0.556. The average Bonchev–Trinajstić information content (AvgIpc) is 3.16. The number of hydrogen-bond acceptors (Lipinski definition) is 4. The fourth-order valence-electron chi connectivity index (χ4n) is 7.46. The molecule has 7 heteroatoms. The third-order valence-corrected chi connectivity index (χ3v) is 9.59. The van der Waals surface area contributed by atoms with Crippen LogP contribution in [0.4, 0.5) is 13.2 Å². The summed E-state index contributed by atoms with van der Waals surface area (Å²) in [5, 5.41) is 20.7. The van der Waals surface area contributed by atoms with E-state index >= 15 is 0 Å². The van der Waals surface area contributed by atoms with Crippen molar-refractivity contribution in [3.05, 3.63) is 35.5 Å². The van der Waals surface area contributed by atoms with Crippen LogP contribution in [-0.2, 0) is 4.74 Å². The molecule has 4 aliphatic rings. The summed E-state index contributed by atoms with van der Waals surface area (Å²) in [5.74, 6) is 1.06. The zero-order valence-corrected chi connectivity index (χ0v) is 21.4. The molecule has 1 heterocycles. The minimum Gasteiger partial charge on any atom is -0.392 e. The van der Waals surface area contributed by atoms with Crippen molar-refractivity contribution < 1.29 is 28.1 Å². The molecule has 1 saturated heterocycles. The molecule has 0 aromatic rings. The number of ether oxygens (including phenoxy) is 1. The summed E-state index contributed by atoms with van der Waals surface area (Å²) in [4.78, 5) is 1.94. The van der Waals surface area contributed by atoms with Crippen LogP contribution >= 0.6 is 0 Å². The number of halogens is 3. The topological polar surface area (TPSA) is 52.9 Å². The smallest absolute Gasteiger partial charge is 0.392 e. The normalized spacial score (nSPS) is 42.5. The van der Waals surface area contributed by atoms with Crippen molar-refractivity contribution in [3.63, 3.8) is 0 Å². The zero-order chi connectivity index (χ0) is 25.5. The van der Waals surface area contributed by atoms with E-state index in [0.717, 1.165) is 37.7 Å². The fraction of sp³-hybridized carbons (Fsp3) is 0.786. The maximum Gasteiger partial charge on any atom is 0.415 e. The molecule has 0 aromatic heterocycles. The molecule has 0 amide bonds. The van der Waals surface area contributed by atoms with Crippen molar-refractivity contribution in [2.75, 3.05) is 26.2 Å². The Bertz CT molecular complexity index is 853. The van der Waals surface area contributed by atoms with E-state index in [-0.39, 0.29) is 24.5 Å². The Hall–Kier alpha value is -1.15. The first-order chi connectivity index (χ1) is 16.4. The van der Waals surface area contributed by atoms with E-state index in [1.807, 2.05) is 11.8 Å². The van der Waals surface area contributed by atoms with Gasteiger partial charge in [-0.3, -0.25) is 4.90 Å². The first-order valence-corrected chi connectivity index (χ1v) is 13.3. The maximum atomic E-state index is 13.2. The first-order valence-electron chi connectivity index (χ1n) is 13.3. The highest BCUT2D eigenvalue weighted by molar-refractivity contribution is 5.39. The van der Waals surface area contributed by atoms with Gasteiger partial charge in [0.05, 0.1) is 18.8 Å². The van der Waals surface area contributed by atoms with Crippen LogP contribution in [0.1, 0.15) is 59.3 Å². The molecule has 2 N–H and O–H groups in total. The lowest BCUT2D eigenvalue weighted by Crippen LogP contribution is -2.51. The summed E-state index contributed by atoms with van der Waals surface area (Å²) in [6.07, 6.45) is 3.04. The molecule has 4 fully saturated rings. The van der Waals surface area contributed by atoms with Gasteiger partial charge < -0.3 is 14.9 Å². The second kappa shape index (κ2) is 10.3. The van der Waals surface area contributed by atoms with Crippen molar-refractivity contribution in [1.82, 2.24) is 4.90 Å². The second-order valence-electron chi connectivity index (χ2n) is 11.8. The number of hydrogen-bond donors (Lipinski definition) is 2. The van der Waals surface area contributed by atoms with Crippen LogP contribution < -0.4 is 0 Å². The molecular weight excluding hydrogens is 455 g/mol. The number of aliphatic hydroxyl groups is 2. The fourth-order valence-corrected chi connectivity index (χ4v) is 7.46. The maximum absolute atomic E-state index is 13.2. The van der Waals surface area contributed by atoms with Crippen molar-refractivity contribution in [1.29, 1.82) is 0 Å². The van der Waals surface area contributed by atoms with Gasteiger partial charge in [0.15, 0.2) is 6.10 Å². The lowest BCUT2D eigenvalue weighted by atomic mass is 9.61. The molecule has 4 nitrogen and oxygen atoms in total. The third-order valence-electron chi connectivity index (χ3n) is 9.59. The van der Waals surface area contributed by atoms with Crippen molar-refractivity contribution in [3.8, 4) is 0 Å². The van der Waals surface area contributed by atoms with E-state index in [1.54, 1.807) is 0 Å².